The van der Waals surface area contributed by atoms with Crippen molar-refractivity contribution in [2.75, 3.05) is 26.8 Å². The van der Waals surface area contributed by atoms with Gasteiger partial charge in [0, 0.05) is 12.7 Å². The van der Waals surface area contributed by atoms with E-state index in [1.165, 1.54) is 18.1 Å². The maximum Gasteiger partial charge on any atom is 0.410 e. The lowest BCUT2D eigenvalue weighted by Gasteiger charge is -2.62. The van der Waals surface area contributed by atoms with E-state index >= 15 is 0 Å². The minimum absolute atomic E-state index is 0.0460. The Kier molecular flexibility index (Phi) is 6.99. The highest BCUT2D eigenvalue weighted by Crippen LogP contribution is 2.56. The largest absolute Gasteiger partial charge is 0.460 e. The Labute approximate surface area is 206 Å². The summed E-state index contributed by atoms with van der Waals surface area (Å²) in [7, 11) is 1.40. The first-order valence-corrected chi connectivity index (χ1v) is 11.4. The lowest BCUT2D eigenvalue weighted by atomic mass is 9.79. The second kappa shape index (κ2) is 9.29. The van der Waals surface area contributed by atoms with Crippen molar-refractivity contribution in [3.63, 3.8) is 0 Å². The fourth-order valence-electron chi connectivity index (χ4n) is 4.29. The molecule has 35 heavy (non-hydrogen) atoms. The second-order valence-electron chi connectivity index (χ2n) is 9.75. The fourth-order valence-corrected chi connectivity index (χ4v) is 4.58. The average molecular weight is 520 g/mol. The summed E-state index contributed by atoms with van der Waals surface area (Å²) in [5, 5.41) is 39.7. The number of carbonyl (C=O) groups excluding carboxylic acids is 1. The summed E-state index contributed by atoms with van der Waals surface area (Å²) in [6, 6.07) is 4.73. The predicted molar refractivity (Wildman–Crippen MR) is 117 cm³/mol. The van der Waals surface area contributed by atoms with E-state index in [-0.39, 0.29) is 23.9 Å². The van der Waals surface area contributed by atoms with Gasteiger partial charge in [-0.1, -0.05) is 23.7 Å². The Morgan fingerprint density at radius 2 is 1.86 bits per heavy atom. The molecular weight excluding hydrogens is 490 g/mol. The molecule has 0 saturated carbocycles. The number of aliphatic hydroxyl groups is 4. The van der Waals surface area contributed by atoms with Crippen molar-refractivity contribution < 1.29 is 53.9 Å². The molecule has 1 aromatic rings. The monoisotopic (exact) mass is 519 g/mol. The molecule has 3 aliphatic heterocycles. The van der Waals surface area contributed by atoms with E-state index in [2.05, 4.69) is 0 Å². The quantitative estimate of drug-likeness (QED) is 0.396. The molecule has 13 heteroatoms. The molecule has 1 aromatic carbocycles. The van der Waals surface area contributed by atoms with Crippen LogP contribution in [0.15, 0.2) is 18.2 Å². The van der Waals surface area contributed by atoms with Gasteiger partial charge in [-0.3, -0.25) is 0 Å². The highest BCUT2D eigenvalue weighted by atomic mass is 35.5. The second-order valence-corrected chi connectivity index (χ2v) is 10.1. The number of aliphatic hydroxyl groups excluding tert-OH is 4. The Morgan fingerprint density at radius 1 is 1.17 bits per heavy atom. The molecule has 0 aromatic heterocycles. The average Bonchev–Trinajstić information content (AvgIpc) is 2.74. The van der Waals surface area contributed by atoms with E-state index in [1.807, 2.05) is 0 Å². The molecule has 0 radical (unpaired) electrons. The van der Waals surface area contributed by atoms with E-state index in [9.17, 15) is 25.2 Å². The van der Waals surface area contributed by atoms with Crippen LogP contribution in [0.3, 0.4) is 0 Å². The van der Waals surface area contributed by atoms with Crippen LogP contribution in [-0.4, -0.2) is 100 Å². The maximum atomic E-state index is 12.4. The van der Waals surface area contributed by atoms with Gasteiger partial charge in [0.05, 0.1) is 24.7 Å². The minimum atomic E-state index is -1.62. The summed E-state index contributed by atoms with van der Waals surface area (Å²) in [5.41, 5.74) is -1.38. The van der Waals surface area contributed by atoms with Crippen LogP contribution in [0.4, 0.5) is 4.79 Å². The first-order chi connectivity index (χ1) is 16.4. The molecule has 3 saturated heterocycles. The van der Waals surface area contributed by atoms with Crippen molar-refractivity contribution in [1.82, 2.24) is 4.90 Å². The van der Waals surface area contributed by atoms with Gasteiger partial charge in [-0.05, 0) is 26.8 Å². The number of methoxy groups -OCH3 is 1. The Hall–Kier alpha value is -1.74. The molecule has 1 amide bonds. The topological polar surface area (TPSA) is 157 Å². The zero-order valence-electron chi connectivity index (χ0n) is 19.7. The van der Waals surface area contributed by atoms with Crippen LogP contribution < -0.4 is 4.74 Å². The lowest BCUT2D eigenvalue weighted by molar-refractivity contribution is -0.631. The van der Waals surface area contributed by atoms with Crippen molar-refractivity contribution in [2.45, 2.75) is 68.5 Å². The Bertz CT molecular complexity index is 944. The summed E-state index contributed by atoms with van der Waals surface area (Å²) in [5.74, 6) is -1.42. The number of benzene rings is 1. The number of halogens is 1. The van der Waals surface area contributed by atoms with Gasteiger partial charge < -0.3 is 44.3 Å². The summed E-state index contributed by atoms with van der Waals surface area (Å²) < 4.78 is 22.2. The third kappa shape index (κ3) is 4.37. The normalized spacial score (nSPS) is 34.2. The highest BCUT2D eigenvalue weighted by Gasteiger charge is 2.73. The van der Waals surface area contributed by atoms with Crippen LogP contribution in [0.1, 0.15) is 26.3 Å². The van der Waals surface area contributed by atoms with Gasteiger partial charge >= 0.3 is 6.09 Å². The molecule has 3 aliphatic rings. The zero-order chi connectivity index (χ0) is 25.8. The van der Waals surface area contributed by atoms with Crippen molar-refractivity contribution in [2.24, 2.45) is 0 Å². The van der Waals surface area contributed by atoms with Crippen LogP contribution in [0, 0.1) is 0 Å². The van der Waals surface area contributed by atoms with Crippen molar-refractivity contribution in [1.29, 1.82) is 0 Å². The minimum Gasteiger partial charge on any atom is -0.460 e. The molecule has 12 nitrogen and oxygen atoms in total. The predicted octanol–water partition coefficient (Wildman–Crippen LogP) is 0.269. The molecule has 0 aliphatic carbocycles. The molecule has 6 atom stereocenters. The number of nitrogens with zero attached hydrogens (tertiary/aromatic N) is 1. The molecule has 3 heterocycles. The summed E-state index contributed by atoms with van der Waals surface area (Å²) in [6.45, 7) is 4.93. The van der Waals surface area contributed by atoms with Crippen LogP contribution >= 0.6 is 11.6 Å². The third-order valence-electron chi connectivity index (χ3n) is 6.16. The number of rotatable bonds is 5. The standard InChI is InChI=1S/C22H30ClNO11/c1-20(2,3)33-19(29)24-9-21(10-24)22(30-4,35-34-21)11-6-5-7-12(14(11)23)31-18-17(28)16(27)15(26)13(8-25)32-18/h5-7,13,15-18,25-28H,8-10H2,1-4H3/t13?,15-,16?,17?,18+,22?/m0/s1. The first kappa shape index (κ1) is 26.3. The van der Waals surface area contributed by atoms with Crippen molar-refractivity contribution in [3.05, 3.63) is 28.8 Å². The molecule has 196 valence electrons. The van der Waals surface area contributed by atoms with Gasteiger partial charge in [0.2, 0.25) is 6.29 Å². The Balaban J connectivity index is 1.54. The molecule has 4 unspecified atom stereocenters. The number of carbonyl (C=O) groups is 1. The molecule has 4 rings (SSSR count). The number of hydrogen-bond donors (Lipinski definition) is 4. The molecule has 4 N–H and O–H groups in total. The van der Waals surface area contributed by atoms with Gasteiger partial charge in [-0.2, -0.15) is 4.89 Å². The van der Waals surface area contributed by atoms with Gasteiger partial charge in [0.1, 0.15) is 35.8 Å². The van der Waals surface area contributed by atoms with Crippen molar-refractivity contribution >= 4 is 17.7 Å². The summed E-state index contributed by atoms with van der Waals surface area (Å²) in [6.07, 6.45) is -7.84. The number of likely N-dealkylation sites (tertiary alicyclic amines) is 1. The van der Waals surface area contributed by atoms with Gasteiger partial charge in [0.25, 0.3) is 5.79 Å². The van der Waals surface area contributed by atoms with Gasteiger partial charge in [-0.15, -0.1) is 0 Å². The van der Waals surface area contributed by atoms with Crippen LogP contribution in [-0.2, 0) is 29.8 Å². The van der Waals surface area contributed by atoms with Crippen molar-refractivity contribution in [3.8, 4) is 5.75 Å². The molecule has 1 spiro atoms. The van der Waals surface area contributed by atoms with Crippen LogP contribution in [0.2, 0.25) is 5.02 Å². The van der Waals surface area contributed by atoms with E-state index in [4.69, 9.17) is 40.3 Å². The first-order valence-electron chi connectivity index (χ1n) is 11.0. The maximum absolute atomic E-state index is 12.4. The van der Waals surface area contributed by atoms with E-state index in [1.54, 1.807) is 32.9 Å². The molecular formula is C22H30ClNO11. The fraction of sp³-hybridized carbons (Fsp3) is 0.682. The molecule has 0 bridgehead atoms. The number of hydrogen-bond acceptors (Lipinski definition) is 11. The summed E-state index contributed by atoms with van der Waals surface area (Å²) in [4.78, 5) is 24.7. The molecule has 3 fully saturated rings. The zero-order valence-corrected chi connectivity index (χ0v) is 20.5. The van der Waals surface area contributed by atoms with Gasteiger partial charge in [0.15, 0.2) is 5.60 Å². The number of ether oxygens (including phenoxy) is 4. The number of amides is 1. The van der Waals surface area contributed by atoms with Gasteiger partial charge in [-0.25, -0.2) is 9.68 Å². The van der Waals surface area contributed by atoms with Crippen LogP contribution in [0.25, 0.3) is 0 Å². The van der Waals surface area contributed by atoms with E-state index in [0.717, 1.165) is 0 Å². The Morgan fingerprint density at radius 3 is 2.40 bits per heavy atom. The van der Waals surface area contributed by atoms with E-state index < -0.39 is 60.4 Å². The lowest BCUT2D eigenvalue weighted by Crippen LogP contribution is -2.80. The highest BCUT2D eigenvalue weighted by molar-refractivity contribution is 6.33. The smallest absolute Gasteiger partial charge is 0.410 e. The van der Waals surface area contributed by atoms with Crippen LogP contribution in [0.5, 0.6) is 5.75 Å². The van der Waals surface area contributed by atoms with E-state index in [0.29, 0.717) is 5.56 Å². The third-order valence-corrected chi connectivity index (χ3v) is 6.55. The summed E-state index contributed by atoms with van der Waals surface area (Å²) >= 11 is 6.64. The SMILES string of the molecule is COC1(c2cccc(O[C@@H]3OC(CO)[C@H](O)C(O)C3O)c2Cl)OOC12CN(C(=O)OC(C)(C)C)C2.